The molecule has 0 unspecified atom stereocenters. The molecule has 3 rings (SSSR count). The number of hydrogen-bond acceptors (Lipinski definition) is 4. The maximum Gasteiger partial charge on any atom is 0.338 e. The number of allylic oxidation sites excluding steroid dienone is 1. The van der Waals surface area contributed by atoms with Crippen LogP contribution in [-0.4, -0.2) is 31.4 Å². The first kappa shape index (κ1) is 19.9. The Hall–Kier alpha value is -2.88. The van der Waals surface area contributed by atoms with E-state index in [0.29, 0.717) is 12.2 Å². The number of nitrogens with zero attached hydrogens (tertiary/aromatic N) is 2. The summed E-state index contributed by atoms with van der Waals surface area (Å²) in [6.45, 7) is 10.9. The van der Waals surface area contributed by atoms with Gasteiger partial charge in [0.15, 0.2) is 0 Å². The van der Waals surface area contributed by atoms with Crippen LogP contribution in [0.1, 0.15) is 54.7 Å². The largest absolute Gasteiger partial charge is 0.462 e. The Morgan fingerprint density at radius 2 is 1.96 bits per heavy atom. The van der Waals surface area contributed by atoms with E-state index in [1.54, 1.807) is 19.1 Å². The second-order valence-corrected chi connectivity index (χ2v) is 7.79. The van der Waals surface area contributed by atoms with Crippen molar-refractivity contribution in [2.24, 2.45) is 4.99 Å². The van der Waals surface area contributed by atoms with Gasteiger partial charge in [-0.25, -0.2) is 4.79 Å². The van der Waals surface area contributed by atoms with Gasteiger partial charge in [-0.3, -0.25) is 4.99 Å². The molecule has 0 N–H and O–H groups in total. The fourth-order valence-corrected chi connectivity index (χ4v) is 3.53. The molecule has 1 aliphatic rings. The number of benzene rings is 2. The zero-order chi connectivity index (χ0) is 20.5. The number of rotatable bonds is 4. The highest BCUT2D eigenvalue weighted by atomic mass is 16.5. The second kappa shape index (κ2) is 7.63. The summed E-state index contributed by atoms with van der Waals surface area (Å²) >= 11 is 0. The highest BCUT2D eigenvalue weighted by Crippen LogP contribution is 2.39. The Balaban J connectivity index is 1.93. The fraction of sp³-hybridized carbons (Fsp3) is 0.333. The third-order valence-electron chi connectivity index (χ3n) is 5.31. The van der Waals surface area contributed by atoms with Crippen LogP contribution in [0.5, 0.6) is 0 Å². The van der Waals surface area contributed by atoms with E-state index in [1.807, 2.05) is 18.3 Å². The highest BCUT2D eigenvalue weighted by molar-refractivity contribution is 5.92. The van der Waals surface area contributed by atoms with Crippen molar-refractivity contribution in [2.75, 3.05) is 18.6 Å². The molecule has 1 aliphatic heterocycles. The number of carbonyl (C=O) groups is 1. The van der Waals surface area contributed by atoms with Gasteiger partial charge in [-0.05, 0) is 81.7 Å². The summed E-state index contributed by atoms with van der Waals surface area (Å²) in [5.41, 5.74) is 7.22. The van der Waals surface area contributed by atoms with Crippen molar-refractivity contribution < 1.29 is 9.53 Å². The van der Waals surface area contributed by atoms with Crippen molar-refractivity contribution in [2.45, 2.75) is 40.2 Å². The van der Waals surface area contributed by atoms with E-state index in [0.717, 1.165) is 11.3 Å². The Morgan fingerprint density at radius 1 is 1.21 bits per heavy atom. The molecule has 0 atom stereocenters. The molecule has 0 aromatic heterocycles. The molecule has 0 aliphatic carbocycles. The van der Waals surface area contributed by atoms with E-state index < -0.39 is 0 Å². The topological polar surface area (TPSA) is 41.9 Å². The summed E-state index contributed by atoms with van der Waals surface area (Å²) in [7, 11) is 2.13. The number of likely N-dealkylation sites (N-methyl/N-ethyl adjacent to an activating group) is 1. The molecule has 0 spiro atoms. The number of aryl methyl sites for hydroxylation is 1. The molecule has 4 nitrogen and oxygen atoms in total. The molecule has 0 amide bonds. The number of carbonyl (C=O) groups excluding carboxylic acids is 1. The fourth-order valence-electron chi connectivity index (χ4n) is 3.53. The van der Waals surface area contributed by atoms with E-state index in [-0.39, 0.29) is 11.5 Å². The van der Waals surface area contributed by atoms with Crippen LogP contribution in [0.15, 0.2) is 47.5 Å². The average Bonchev–Trinajstić information content (AvgIpc) is 2.65. The van der Waals surface area contributed by atoms with Gasteiger partial charge in [-0.2, -0.15) is 0 Å². The smallest absolute Gasteiger partial charge is 0.338 e. The Kier molecular flexibility index (Phi) is 5.41. The van der Waals surface area contributed by atoms with Crippen molar-refractivity contribution in [1.29, 1.82) is 0 Å². The van der Waals surface area contributed by atoms with E-state index >= 15 is 0 Å². The van der Waals surface area contributed by atoms with Crippen molar-refractivity contribution in [3.05, 3.63) is 64.7 Å². The van der Waals surface area contributed by atoms with Crippen molar-refractivity contribution in [1.82, 2.24) is 0 Å². The van der Waals surface area contributed by atoms with Crippen LogP contribution in [0.25, 0.3) is 5.57 Å². The minimum Gasteiger partial charge on any atom is -0.462 e. The monoisotopic (exact) mass is 376 g/mol. The molecule has 2 aromatic rings. The summed E-state index contributed by atoms with van der Waals surface area (Å²) in [5.74, 6) is -0.323. The molecule has 0 saturated heterocycles. The Bertz CT molecular complexity index is 971. The van der Waals surface area contributed by atoms with Gasteiger partial charge in [0.2, 0.25) is 0 Å². The SMILES string of the molecule is CCOC(=O)c1cccc(N=Cc2cc3c(cc2C)N(C)C(C)(C)C=C3C)c1. The normalized spacial score (nSPS) is 15.4. The summed E-state index contributed by atoms with van der Waals surface area (Å²) in [4.78, 5) is 18.8. The maximum atomic E-state index is 11.9. The van der Waals surface area contributed by atoms with Gasteiger partial charge in [-0.15, -0.1) is 0 Å². The quantitative estimate of drug-likeness (QED) is 0.519. The lowest BCUT2D eigenvalue weighted by atomic mass is 9.87. The molecular formula is C24H28N2O2. The standard InChI is InChI=1S/C24H28N2O2/c1-7-28-23(27)18-9-8-10-20(12-18)25-15-19-13-21-17(3)14-24(4,5)26(6)22(21)11-16(19)2/h8-15H,7H2,1-6H3. The molecule has 146 valence electrons. The van der Waals surface area contributed by atoms with E-state index in [2.05, 4.69) is 62.8 Å². The Morgan fingerprint density at radius 3 is 2.68 bits per heavy atom. The van der Waals surface area contributed by atoms with Crippen LogP contribution in [0.2, 0.25) is 0 Å². The zero-order valence-corrected chi connectivity index (χ0v) is 17.5. The number of fused-ring (bicyclic) bond motifs is 1. The number of anilines is 1. The average molecular weight is 377 g/mol. The zero-order valence-electron chi connectivity index (χ0n) is 17.5. The van der Waals surface area contributed by atoms with E-state index in [4.69, 9.17) is 4.74 Å². The number of ether oxygens (including phenoxy) is 1. The molecule has 0 saturated carbocycles. The predicted octanol–water partition coefficient (Wildman–Crippen LogP) is 5.55. The minimum absolute atomic E-state index is 0.00728. The van der Waals surface area contributed by atoms with Crippen LogP contribution < -0.4 is 4.90 Å². The summed E-state index contributed by atoms with van der Waals surface area (Å²) in [6.07, 6.45) is 4.17. The third kappa shape index (κ3) is 3.86. The second-order valence-electron chi connectivity index (χ2n) is 7.79. The van der Waals surface area contributed by atoms with Gasteiger partial charge >= 0.3 is 5.97 Å². The van der Waals surface area contributed by atoms with Crippen LogP contribution in [0, 0.1) is 6.92 Å². The lowest BCUT2D eigenvalue weighted by Crippen LogP contribution is -2.42. The molecule has 1 heterocycles. The number of esters is 1. The van der Waals surface area contributed by atoms with E-state index in [1.165, 1.54) is 22.4 Å². The molecule has 0 fully saturated rings. The van der Waals surface area contributed by atoms with Crippen molar-refractivity contribution in [3.8, 4) is 0 Å². The maximum absolute atomic E-state index is 11.9. The van der Waals surface area contributed by atoms with Gasteiger partial charge in [0, 0.05) is 24.5 Å². The van der Waals surface area contributed by atoms with Crippen molar-refractivity contribution >= 4 is 29.1 Å². The van der Waals surface area contributed by atoms with Crippen LogP contribution >= 0.6 is 0 Å². The van der Waals surface area contributed by atoms with Gasteiger partial charge in [0.05, 0.1) is 23.4 Å². The van der Waals surface area contributed by atoms with Crippen LogP contribution in [0.4, 0.5) is 11.4 Å². The molecule has 2 aromatic carbocycles. The highest BCUT2D eigenvalue weighted by Gasteiger charge is 2.28. The van der Waals surface area contributed by atoms with Gasteiger partial charge < -0.3 is 9.64 Å². The molecule has 0 bridgehead atoms. The van der Waals surface area contributed by atoms with Crippen molar-refractivity contribution in [3.63, 3.8) is 0 Å². The Labute approximate surface area is 167 Å². The number of aliphatic imine (C=N–C) groups is 1. The van der Waals surface area contributed by atoms with Crippen LogP contribution in [0.3, 0.4) is 0 Å². The molecular weight excluding hydrogens is 348 g/mol. The molecule has 0 radical (unpaired) electrons. The lowest BCUT2D eigenvalue weighted by Gasteiger charge is -2.41. The minimum atomic E-state index is -0.323. The van der Waals surface area contributed by atoms with Crippen LogP contribution in [-0.2, 0) is 4.74 Å². The van der Waals surface area contributed by atoms with Gasteiger partial charge in [0.25, 0.3) is 0 Å². The number of hydrogen-bond donors (Lipinski definition) is 0. The first-order valence-corrected chi connectivity index (χ1v) is 9.62. The van der Waals surface area contributed by atoms with Gasteiger partial charge in [-0.1, -0.05) is 12.1 Å². The summed E-state index contributed by atoms with van der Waals surface area (Å²) < 4.78 is 5.06. The van der Waals surface area contributed by atoms with E-state index in [9.17, 15) is 4.79 Å². The first-order valence-electron chi connectivity index (χ1n) is 9.62. The molecule has 4 heteroatoms. The summed E-state index contributed by atoms with van der Waals surface area (Å²) in [6, 6.07) is 11.6. The predicted molar refractivity (Wildman–Crippen MR) is 117 cm³/mol. The first-order chi connectivity index (χ1) is 13.2. The lowest BCUT2D eigenvalue weighted by molar-refractivity contribution is 0.0526. The molecule has 28 heavy (non-hydrogen) atoms. The van der Waals surface area contributed by atoms with Gasteiger partial charge in [0.1, 0.15) is 0 Å². The third-order valence-corrected chi connectivity index (χ3v) is 5.31. The summed E-state index contributed by atoms with van der Waals surface area (Å²) in [5, 5.41) is 0.